The number of nitro groups is 1. The van der Waals surface area contributed by atoms with Crippen molar-refractivity contribution in [2.24, 2.45) is 0 Å². The zero-order valence-corrected chi connectivity index (χ0v) is 12.7. The van der Waals surface area contributed by atoms with E-state index in [-0.39, 0.29) is 11.5 Å². The van der Waals surface area contributed by atoms with Crippen LogP contribution in [0.15, 0.2) is 40.9 Å². The fourth-order valence-electron chi connectivity index (χ4n) is 1.71. The van der Waals surface area contributed by atoms with Gasteiger partial charge in [0.15, 0.2) is 0 Å². The van der Waals surface area contributed by atoms with Crippen molar-refractivity contribution in [3.8, 4) is 11.5 Å². The maximum Gasteiger partial charge on any atom is 0.416 e. The Balaban J connectivity index is 2.44. The summed E-state index contributed by atoms with van der Waals surface area (Å²) in [4.78, 5) is 20.7. The normalized spacial score (nSPS) is 11.1. The standard InChI is InChI=1S/C14H7BrF3NO4/c15-10-5-8(7-20)1-3-12(10)23-13-4-2-9(14(16,17)18)6-11(13)19(21)22/h1-7H. The third-order valence-corrected chi connectivity index (χ3v) is 3.41. The van der Waals surface area contributed by atoms with Crippen LogP contribution in [0.4, 0.5) is 18.9 Å². The van der Waals surface area contributed by atoms with E-state index in [0.717, 1.165) is 6.07 Å². The summed E-state index contributed by atoms with van der Waals surface area (Å²) in [5.41, 5.74) is -1.62. The van der Waals surface area contributed by atoms with Gasteiger partial charge in [0.05, 0.1) is 15.0 Å². The van der Waals surface area contributed by atoms with E-state index < -0.39 is 22.4 Å². The average molecular weight is 390 g/mol. The molecule has 0 aliphatic rings. The van der Waals surface area contributed by atoms with Crippen molar-refractivity contribution in [3.05, 3.63) is 62.1 Å². The van der Waals surface area contributed by atoms with E-state index in [2.05, 4.69) is 15.9 Å². The number of rotatable bonds is 4. The van der Waals surface area contributed by atoms with E-state index in [1.165, 1.54) is 18.2 Å². The number of nitrogens with zero attached hydrogens (tertiary/aromatic N) is 1. The molecule has 2 aromatic carbocycles. The second-order valence-corrected chi connectivity index (χ2v) is 5.20. The molecular weight excluding hydrogens is 383 g/mol. The SMILES string of the molecule is O=Cc1ccc(Oc2ccc(C(F)(F)F)cc2[N+](=O)[O-])c(Br)c1. The number of ether oxygens (including phenoxy) is 1. The Labute approximate surface area is 136 Å². The first-order valence-corrected chi connectivity index (χ1v) is 6.80. The number of carbonyl (C=O) groups is 1. The molecule has 120 valence electrons. The van der Waals surface area contributed by atoms with E-state index in [1.807, 2.05) is 0 Å². The molecule has 0 radical (unpaired) electrons. The topological polar surface area (TPSA) is 69.4 Å². The van der Waals surface area contributed by atoms with Crippen molar-refractivity contribution in [1.82, 2.24) is 0 Å². The van der Waals surface area contributed by atoms with Crippen LogP contribution < -0.4 is 4.74 Å². The fraction of sp³-hybridized carbons (Fsp3) is 0.0714. The molecule has 0 heterocycles. The van der Waals surface area contributed by atoms with Gasteiger partial charge in [-0.3, -0.25) is 14.9 Å². The van der Waals surface area contributed by atoms with Gasteiger partial charge in [-0.2, -0.15) is 13.2 Å². The van der Waals surface area contributed by atoms with Crippen molar-refractivity contribution in [2.75, 3.05) is 0 Å². The van der Waals surface area contributed by atoms with Gasteiger partial charge < -0.3 is 4.74 Å². The Morgan fingerprint density at radius 1 is 1.13 bits per heavy atom. The minimum atomic E-state index is -4.70. The van der Waals surface area contributed by atoms with Crippen molar-refractivity contribution >= 4 is 27.9 Å². The highest BCUT2D eigenvalue weighted by Crippen LogP contribution is 2.39. The number of alkyl halides is 3. The van der Waals surface area contributed by atoms with Crippen LogP contribution >= 0.6 is 15.9 Å². The van der Waals surface area contributed by atoms with Crippen LogP contribution in [-0.2, 0) is 6.18 Å². The minimum Gasteiger partial charge on any atom is -0.449 e. The molecule has 0 amide bonds. The van der Waals surface area contributed by atoms with Crippen LogP contribution in [-0.4, -0.2) is 11.2 Å². The first-order valence-electron chi connectivity index (χ1n) is 6.00. The van der Waals surface area contributed by atoms with Crippen LogP contribution in [0.1, 0.15) is 15.9 Å². The minimum absolute atomic E-state index is 0.124. The molecule has 0 atom stereocenters. The molecule has 0 aliphatic heterocycles. The average Bonchev–Trinajstić information content (AvgIpc) is 2.48. The number of carbonyl (C=O) groups excluding carboxylic acids is 1. The first-order chi connectivity index (χ1) is 10.7. The van der Waals surface area contributed by atoms with Crippen LogP contribution in [0.3, 0.4) is 0 Å². The molecule has 2 aromatic rings. The lowest BCUT2D eigenvalue weighted by atomic mass is 10.2. The number of hydrogen-bond donors (Lipinski definition) is 0. The number of aldehydes is 1. The Bertz CT molecular complexity index is 777. The summed E-state index contributed by atoms with van der Waals surface area (Å²) in [7, 11) is 0. The van der Waals surface area contributed by atoms with Crippen LogP contribution in [0.25, 0.3) is 0 Å². The van der Waals surface area contributed by atoms with E-state index in [4.69, 9.17) is 4.74 Å². The molecular formula is C14H7BrF3NO4. The second kappa shape index (κ2) is 6.37. The van der Waals surface area contributed by atoms with Gasteiger partial charge in [0.25, 0.3) is 0 Å². The molecule has 0 bridgehead atoms. The maximum atomic E-state index is 12.6. The summed E-state index contributed by atoms with van der Waals surface area (Å²) in [5.74, 6) is -0.221. The number of benzene rings is 2. The quantitative estimate of drug-likeness (QED) is 0.420. The van der Waals surface area contributed by atoms with E-state index in [9.17, 15) is 28.1 Å². The molecule has 0 saturated heterocycles. The monoisotopic (exact) mass is 389 g/mol. The smallest absolute Gasteiger partial charge is 0.416 e. The molecule has 23 heavy (non-hydrogen) atoms. The molecule has 0 aliphatic carbocycles. The Hall–Kier alpha value is -2.42. The van der Waals surface area contributed by atoms with E-state index >= 15 is 0 Å². The summed E-state index contributed by atoms with van der Waals surface area (Å²) < 4.78 is 43.5. The van der Waals surface area contributed by atoms with Gasteiger partial charge in [0, 0.05) is 11.6 Å². The van der Waals surface area contributed by atoms with Crippen molar-refractivity contribution in [3.63, 3.8) is 0 Å². The van der Waals surface area contributed by atoms with E-state index in [0.29, 0.717) is 28.5 Å². The predicted molar refractivity (Wildman–Crippen MR) is 77.7 cm³/mol. The number of halogens is 4. The van der Waals surface area contributed by atoms with Gasteiger partial charge in [-0.15, -0.1) is 0 Å². The molecule has 0 fully saturated rings. The van der Waals surface area contributed by atoms with Crippen molar-refractivity contribution < 1.29 is 27.6 Å². The summed E-state index contributed by atoms with van der Waals surface area (Å²) in [6.07, 6.45) is -4.11. The lowest BCUT2D eigenvalue weighted by molar-refractivity contribution is -0.385. The third kappa shape index (κ3) is 3.86. The van der Waals surface area contributed by atoms with Gasteiger partial charge in [0.1, 0.15) is 12.0 Å². The molecule has 5 nitrogen and oxygen atoms in total. The van der Waals surface area contributed by atoms with Crippen LogP contribution in [0, 0.1) is 10.1 Å². The zero-order chi connectivity index (χ0) is 17.2. The maximum absolute atomic E-state index is 12.6. The first kappa shape index (κ1) is 16.9. The van der Waals surface area contributed by atoms with Gasteiger partial charge in [0.2, 0.25) is 5.75 Å². The Morgan fingerprint density at radius 3 is 2.30 bits per heavy atom. The molecule has 2 rings (SSSR count). The summed E-state index contributed by atoms with van der Waals surface area (Å²) in [6, 6.07) is 6.16. The van der Waals surface area contributed by atoms with Gasteiger partial charge in [-0.1, -0.05) is 0 Å². The highest BCUT2D eigenvalue weighted by Gasteiger charge is 2.33. The van der Waals surface area contributed by atoms with Crippen molar-refractivity contribution in [1.29, 1.82) is 0 Å². The summed E-state index contributed by atoms with van der Waals surface area (Å²) in [5, 5.41) is 11.0. The third-order valence-electron chi connectivity index (χ3n) is 2.79. The largest absolute Gasteiger partial charge is 0.449 e. The molecule has 0 spiro atoms. The Kier molecular flexibility index (Phi) is 4.69. The van der Waals surface area contributed by atoms with Crippen LogP contribution in [0.2, 0.25) is 0 Å². The van der Waals surface area contributed by atoms with Crippen molar-refractivity contribution in [2.45, 2.75) is 6.18 Å². The molecule has 0 saturated carbocycles. The van der Waals surface area contributed by atoms with Crippen LogP contribution in [0.5, 0.6) is 11.5 Å². The fourth-order valence-corrected chi connectivity index (χ4v) is 2.19. The number of nitro benzene ring substituents is 1. The van der Waals surface area contributed by atoms with E-state index in [1.54, 1.807) is 0 Å². The second-order valence-electron chi connectivity index (χ2n) is 4.35. The zero-order valence-electron chi connectivity index (χ0n) is 11.1. The summed E-state index contributed by atoms with van der Waals surface area (Å²) >= 11 is 3.12. The molecule has 0 aromatic heterocycles. The molecule has 0 N–H and O–H groups in total. The summed E-state index contributed by atoms with van der Waals surface area (Å²) in [6.45, 7) is 0. The van der Waals surface area contributed by atoms with Gasteiger partial charge in [-0.05, 0) is 46.3 Å². The van der Waals surface area contributed by atoms with Gasteiger partial charge in [-0.25, -0.2) is 0 Å². The lowest BCUT2D eigenvalue weighted by Gasteiger charge is -2.11. The lowest BCUT2D eigenvalue weighted by Crippen LogP contribution is -2.06. The van der Waals surface area contributed by atoms with Gasteiger partial charge >= 0.3 is 11.9 Å². The number of hydrogen-bond acceptors (Lipinski definition) is 4. The molecule has 9 heteroatoms. The predicted octanol–water partition coefficient (Wildman–Crippen LogP) is 4.98. The highest BCUT2D eigenvalue weighted by atomic mass is 79.9. The molecule has 0 unspecified atom stereocenters. The Morgan fingerprint density at radius 2 is 1.78 bits per heavy atom. The highest BCUT2D eigenvalue weighted by molar-refractivity contribution is 9.10.